The summed E-state index contributed by atoms with van der Waals surface area (Å²) in [5, 5.41) is 4.87. The summed E-state index contributed by atoms with van der Waals surface area (Å²) in [5.74, 6) is 3.00. The highest BCUT2D eigenvalue weighted by molar-refractivity contribution is 8.14. The predicted octanol–water partition coefficient (Wildman–Crippen LogP) is 3.99. The predicted molar refractivity (Wildman–Crippen MR) is 113 cm³/mol. The van der Waals surface area contributed by atoms with E-state index in [0.717, 1.165) is 55.8 Å². The molecule has 4 atom stereocenters. The molecule has 0 aromatic heterocycles. The van der Waals surface area contributed by atoms with Crippen LogP contribution in [0.4, 0.5) is 0 Å². The molecular weight excluding hydrogens is 370 g/mol. The van der Waals surface area contributed by atoms with Gasteiger partial charge in [0.2, 0.25) is 5.91 Å². The topological polar surface area (TPSA) is 53.9 Å². The van der Waals surface area contributed by atoms with Gasteiger partial charge < -0.3 is 15.0 Å². The van der Waals surface area contributed by atoms with Crippen LogP contribution in [0.15, 0.2) is 4.99 Å². The minimum Gasteiger partial charge on any atom is -0.362 e. The number of fused-ring (bicyclic) bond motifs is 2. The second-order valence-electron chi connectivity index (χ2n) is 9.86. The van der Waals surface area contributed by atoms with Gasteiger partial charge in [0.15, 0.2) is 5.17 Å². The highest BCUT2D eigenvalue weighted by atomic mass is 32.2. The standard InChI is InChI=1S/C22H35N3O2S/c1-22(18-8-10-25(11-9-18)20(26)16-4-2-3-5-16)27-14-23-21(28-22)24-19-13-15-6-7-17(19)12-15/h15-19H,2-14H2,1H3,(H,23,24)/t15-,17+,19+,22?/m1/s1. The normalized spacial score (nSPS) is 39.4. The number of likely N-dealkylation sites (tertiary alicyclic amines) is 1. The smallest absolute Gasteiger partial charge is 0.225 e. The number of amidine groups is 1. The molecule has 3 aliphatic carbocycles. The summed E-state index contributed by atoms with van der Waals surface area (Å²) >= 11 is 1.80. The van der Waals surface area contributed by atoms with E-state index in [-0.39, 0.29) is 4.93 Å². The molecule has 0 aromatic carbocycles. The summed E-state index contributed by atoms with van der Waals surface area (Å²) in [7, 11) is 0. The third-order valence-corrected chi connectivity index (χ3v) is 9.46. The van der Waals surface area contributed by atoms with Gasteiger partial charge >= 0.3 is 0 Å². The number of amides is 1. The molecule has 3 saturated carbocycles. The molecule has 1 amide bonds. The molecule has 4 fully saturated rings. The van der Waals surface area contributed by atoms with Gasteiger partial charge in [-0.1, -0.05) is 31.0 Å². The fourth-order valence-corrected chi connectivity index (χ4v) is 7.61. The first-order valence-corrected chi connectivity index (χ1v) is 12.3. The van der Waals surface area contributed by atoms with Crippen molar-refractivity contribution < 1.29 is 9.53 Å². The Bertz CT molecular complexity index is 627. The number of carbonyl (C=O) groups is 1. The van der Waals surface area contributed by atoms with Crippen molar-refractivity contribution in [2.75, 3.05) is 19.8 Å². The van der Waals surface area contributed by atoms with Crippen molar-refractivity contribution in [2.45, 2.75) is 82.1 Å². The maximum Gasteiger partial charge on any atom is 0.225 e. The summed E-state index contributed by atoms with van der Waals surface area (Å²) in [6.45, 7) is 4.50. The number of rotatable bonds is 3. The Morgan fingerprint density at radius 3 is 2.61 bits per heavy atom. The van der Waals surface area contributed by atoms with Crippen molar-refractivity contribution in [3.63, 3.8) is 0 Å². The number of aliphatic imine (C=N–C) groups is 1. The molecule has 1 N–H and O–H groups in total. The zero-order valence-electron chi connectivity index (χ0n) is 17.2. The van der Waals surface area contributed by atoms with Crippen LogP contribution in [-0.4, -0.2) is 46.8 Å². The first kappa shape index (κ1) is 19.2. The Labute approximate surface area is 173 Å². The van der Waals surface area contributed by atoms with Gasteiger partial charge in [0.05, 0.1) is 0 Å². The van der Waals surface area contributed by atoms with Crippen molar-refractivity contribution >= 4 is 22.8 Å². The minimum atomic E-state index is -0.218. The Morgan fingerprint density at radius 1 is 1.14 bits per heavy atom. The second kappa shape index (κ2) is 7.82. The average Bonchev–Trinajstić information content (AvgIpc) is 3.46. The summed E-state index contributed by atoms with van der Waals surface area (Å²) < 4.78 is 6.19. The Hall–Kier alpha value is -0.750. The van der Waals surface area contributed by atoms with E-state index in [4.69, 9.17) is 4.74 Å². The van der Waals surface area contributed by atoms with E-state index >= 15 is 0 Å². The van der Waals surface area contributed by atoms with Gasteiger partial charge in [-0.2, -0.15) is 0 Å². The molecule has 2 bridgehead atoms. The summed E-state index contributed by atoms with van der Waals surface area (Å²) in [6.07, 6.45) is 12.3. The number of nitrogens with zero attached hydrogens (tertiary/aromatic N) is 2. The van der Waals surface area contributed by atoms with E-state index in [9.17, 15) is 4.79 Å². The molecule has 1 unspecified atom stereocenters. The lowest BCUT2D eigenvalue weighted by Gasteiger charge is -2.44. The highest BCUT2D eigenvalue weighted by Gasteiger charge is 2.44. The zero-order chi connectivity index (χ0) is 19.1. The molecule has 5 aliphatic rings. The number of ether oxygens (including phenoxy) is 1. The lowest BCUT2D eigenvalue weighted by molar-refractivity contribution is -0.137. The SMILES string of the molecule is CC1(C2CCN(C(=O)C3CCCC3)CC2)OCN=C(N[C@H]2C[C@@H]3CC[C@H]2C3)S1. The molecule has 5 rings (SSSR count). The van der Waals surface area contributed by atoms with Crippen LogP contribution in [-0.2, 0) is 9.53 Å². The minimum absolute atomic E-state index is 0.218. The van der Waals surface area contributed by atoms with Gasteiger partial charge in [0, 0.05) is 31.0 Å². The van der Waals surface area contributed by atoms with E-state index in [2.05, 4.69) is 22.1 Å². The van der Waals surface area contributed by atoms with Crippen molar-refractivity contribution in [3.8, 4) is 0 Å². The maximum absolute atomic E-state index is 12.7. The van der Waals surface area contributed by atoms with Gasteiger partial charge in [0.1, 0.15) is 11.7 Å². The van der Waals surface area contributed by atoms with E-state index in [1.165, 1.54) is 38.5 Å². The molecule has 5 nitrogen and oxygen atoms in total. The Morgan fingerprint density at radius 2 is 1.93 bits per heavy atom. The second-order valence-corrected chi connectivity index (χ2v) is 11.3. The number of carbonyl (C=O) groups excluding carboxylic acids is 1. The fourth-order valence-electron chi connectivity index (χ4n) is 6.38. The Kier molecular flexibility index (Phi) is 5.37. The van der Waals surface area contributed by atoms with Crippen LogP contribution < -0.4 is 5.32 Å². The molecule has 6 heteroatoms. The van der Waals surface area contributed by atoms with Crippen LogP contribution in [0.3, 0.4) is 0 Å². The van der Waals surface area contributed by atoms with Crippen molar-refractivity contribution in [3.05, 3.63) is 0 Å². The van der Waals surface area contributed by atoms with Crippen LogP contribution in [0, 0.1) is 23.7 Å². The third kappa shape index (κ3) is 3.71. The number of nitrogens with one attached hydrogen (secondary N) is 1. The molecule has 0 radical (unpaired) electrons. The molecular formula is C22H35N3O2S. The molecule has 2 aliphatic heterocycles. The van der Waals surface area contributed by atoms with E-state index < -0.39 is 0 Å². The van der Waals surface area contributed by atoms with Crippen molar-refractivity contribution in [2.24, 2.45) is 28.7 Å². The van der Waals surface area contributed by atoms with E-state index in [0.29, 0.717) is 30.5 Å². The first-order valence-electron chi connectivity index (χ1n) is 11.5. The molecule has 28 heavy (non-hydrogen) atoms. The van der Waals surface area contributed by atoms with E-state index in [1.54, 1.807) is 11.8 Å². The summed E-state index contributed by atoms with van der Waals surface area (Å²) in [6, 6.07) is 0.623. The molecule has 1 saturated heterocycles. The first-order chi connectivity index (χ1) is 13.6. The zero-order valence-corrected chi connectivity index (χ0v) is 18.0. The largest absolute Gasteiger partial charge is 0.362 e. The van der Waals surface area contributed by atoms with Gasteiger partial charge in [-0.25, -0.2) is 4.99 Å². The quantitative estimate of drug-likeness (QED) is 0.771. The monoisotopic (exact) mass is 405 g/mol. The van der Waals surface area contributed by atoms with Gasteiger partial charge in [-0.05, 0) is 63.7 Å². The summed E-state index contributed by atoms with van der Waals surface area (Å²) in [5.41, 5.74) is 0. The van der Waals surface area contributed by atoms with E-state index in [1.807, 2.05) is 0 Å². The van der Waals surface area contributed by atoms with Crippen LogP contribution >= 0.6 is 11.8 Å². The van der Waals surface area contributed by atoms with Crippen LogP contribution in [0.1, 0.15) is 71.1 Å². The number of hydrogen-bond acceptors (Lipinski definition) is 5. The molecule has 2 heterocycles. The average molecular weight is 406 g/mol. The maximum atomic E-state index is 12.7. The van der Waals surface area contributed by atoms with Crippen LogP contribution in [0.5, 0.6) is 0 Å². The van der Waals surface area contributed by atoms with Crippen molar-refractivity contribution in [1.29, 1.82) is 0 Å². The lowest BCUT2D eigenvalue weighted by atomic mass is 9.90. The number of hydrogen-bond donors (Lipinski definition) is 1. The van der Waals surface area contributed by atoms with Crippen molar-refractivity contribution in [1.82, 2.24) is 10.2 Å². The lowest BCUT2D eigenvalue weighted by Crippen LogP contribution is -2.49. The van der Waals surface area contributed by atoms with Gasteiger partial charge in [0.25, 0.3) is 0 Å². The molecule has 0 spiro atoms. The fraction of sp³-hybridized carbons (Fsp3) is 0.909. The van der Waals surface area contributed by atoms with Crippen LogP contribution in [0.2, 0.25) is 0 Å². The van der Waals surface area contributed by atoms with Crippen LogP contribution in [0.25, 0.3) is 0 Å². The third-order valence-electron chi connectivity index (χ3n) is 8.16. The molecule has 0 aromatic rings. The number of piperidine rings is 1. The summed E-state index contributed by atoms with van der Waals surface area (Å²) in [4.78, 5) is 19.3. The molecule has 156 valence electrons. The van der Waals surface area contributed by atoms with Gasteiger partial charge in [-0.3, -0.25) is 4.79 Å². The number of thioether (sulfide) groups is 1. The van der Waals surface area contributed by atoms with Gasteiger partial charge in [-0.15, -0.1) is 0 Å². The Balaban J connectivity index is 1.15. The highest BCUT2D eigenvalue weighted by Crippen LogP contribution is 2.46.